The highest BCUT2D eigenvalue weighted by Gasteiger charge is 2.27. The smallest absolute Gasteiger partial charge is 0.407 e. The number of alkyl carbamates (subject to hydrolysis) is 1. The predicted molar refractivity (Wildman–Crippen MR) is 114 cm³/mol. The standard InChI is InChI=1S/C17H33N5O3.HI/c1-7-18-15(19-10-8-14(23)21(5)6)22-11-9-13(12-22)20-16(24)25-17(2,3)4;/h13H,7-12H2,1-6H3,(H,18,19)(H,20,24);1H. The van der Waals surface area contributed by atoms with Gasteiger partial charge < -0.3 is 25.2 Å². The van der Waals surface area contributed by atoms with Crippen molar-refractivity contribution in [2.75, 3.05) is 40.3 Å². The summed E-state index contributed by atoms with van der Waals surface area (Å²) < 4.78 is 5.30. The Labute approximate surface area is 174 Å². The van der Waals surface area contributed by atoms with Gasteiger partial charge in [0, 0.05) is 40.2 Å². The molecule has 1 heterocycles. The van der Waals surface area contributed by atoms with Gasteiger partial charge in [-0.15, -0.1) is 24.0 Å². The highest BCUT2D eigenvalue weighted by Crippen LogP contribution is 2.12. The highest BCUT2D eigenvalue weighted by atomic mass is 127. The number of guanidine groups is 1. The van der Waals surface area contributed by atoms with Crippen LogP contribution in [0, 0.1) is 0 Å². The molecule has 1 fully saturated rings. The molecule has 2 amide bonds. The zero-order valence-corrected chi connectivity index (χ0v) is 19.1. The first-order valence-electron chi connectivity index (χ1n) is 8.85. The van der Waals surface area contributed by atoms with E-state index in [4.69, 9.17) is 4.74 Å². The zero-order chi connectivity index (χ0) is 19.0. The normalized spacial score (nSPS) is 17.4. The van der Waals surface area contributed by atoms with Crippen LogP contribution in [0.1, 0.15) is 40.5 Å². The molecule has 0 saturated carbocycles. The lowest BCUT2D eigenvalue weighted by atomic mass is 10.2. The summed E-state index contributed by atoms with van der Waals surface area (Å²) in [4.78, 5) is 31.7. The Morgan fingerprint density at radius 2 is 1.96 bits per heavy atom. The molecule has 8 nitrogen and oxygen atoms in total. The summed E-state index contributed by atoms with van der Waals surface area (Å²) in [5.41, 5.74) is -0.502. The molecule has 152 valence electrons. The van der Waals surface area contributed by atoms with Crippen LogP contribution in [0.4, 0.5) is 4.79 Å². The van der Waals surface area contributed by atoms with Crippen LogP contribution >= 0.6 is 24.0 Å². The van der Waals surface area contributed by atoms with Gasteiger partial charge in [0.05, 0.1) is 12.6 Å². The van der Waals surface area contributed by atoms with Crippen molar-refractivity contribution in [3.8, 4) is 0 Å². The Morgan fingerprint density at radius 3 is 2.50 bits per heavy atom. The summed E-state index contributed by atoms with van der Waals surface area (Å²) in [6, 6.07) is 0.0297. The molecular formula is C17H34IN5O3. The van der Waals surface area contributed by atoms with Crippen LogP contribution in [0.3, 0.4) is 0 Å². The topological polar surface area (TPSA) is 86.3 Å². The number of carbonyl (C=O) groups excluding carboxylic acids is 2. The third-order valence-electron chi connectivity index (χ3n) is 3.63. The van der Waals surface area contributed by atoms with Crippen molar-refractivity contribution in [2.24, 2.45) is 4.99 Å². The molecule has 1 saturated heterocycles. The Balaban J connectivity index is 0.00000625. The number of rotatable bonds is 5. The Morgan fingerprint density at radius 1 is 1.31 bits per heavy atom. The van der Waals surface area contributed by atoms with Gasteiger partial charge in [-0.05, 0) is 34.1 Å². The minimum Gasteiger partial charge on any atom is -0.444 e. The Hall–Kier alpha value is -1.26. The number of nitrogens with one attached hydrogen (secondary N) is 2. The van der Waals surface area contributed by atoms with E-state index in [1.165, 1.54) is 0 Å². The number of carbonyl (C=O) groups is 2. The number of ether oxygens (including phenoxy) is 1. The molecule has 0 aliphatic carbocycles. The maximum absolute atomic E-state index is 11.9. The van der Waals surface area contributed by atoms with Crippen LogP contribution in [0.15, 0.2) is 4.99 Å². The number of aliphatic imine (C=N–C) groups is 1. The fraction of sp³-hybridized carbons (Fsp3) is 0.824. The van der Waals surface area contributed by atoms with E-state index in [1.54, 1.807) is 19.0 Å². The molecule has 0 aromatic heterocycles. The largest absolute Gasteiger partial charge is 0.444 e. The van der Waals surface area contributed by atoms with Crippen molar-refractivity contribution in [1.29, 1.82) is 0 Å². The first-order chi connectivity index (χ1) is 11.6. The van der Waals surface area contributed by atoms with Gasteiger partial charge in [0.2, 0.25) is 5.91 Å². The van der Waals surface area contributed by atoms with E-state index in [0.717, 1.165) is 25.5 Å². The number of halogens is 1. The quantitative estimate of drug-likeness (QED) is 0.353. The second kappa shape index (κ2) is 11.5. The van der Waals surface area contributed by atoms with Crippen molar-refractivity contribution in [3.63, 3.8) is 0 Å². The van der Waals surface area contributed by atoms with Crippen LogP contribution in [0.5, 0.6) is 0 Å². The molecule has 0 bridgehead atoms. The summed E-state index contributed by atoms with van der Waals surface area (Å²) >= 11 is 0. The van der Waals surface area contributed by atoms with E-state index in [9.17, 15) is 9.59 Å². The molecule has 0 spiro atoms. The molecule has 0 aromatic carbocycles. The second-order valence-corrected chi connectivity index (χ2v) is 7.35. The van der Waals surface area contributed by atoms with Crippen molar-refractivity contribution in [2.45, 2.75) is 52.2 Å². The van der Waals surface area contributed by atoms with Gasteiger partial charge in [-0.1, -0.05) is 0 Å². The SMILES string of the molecule is CCNC(=NCCC(=O)N(C)C)N1CCC(NC(=O)OC(C)(C)C)C1.I. The average Bonchev–Trinajstić information content (AvgIpc) is 2.92. The van der Waals surface area contributed by atoms with Gasteiger partial charge in [0.25, 0.3) is 0 Å². The first kappa shape index (κ1) is 24.7. The molecule has 0 radical (unpaired) electrons. The lowest BCUT2D eigenvalue weighted by molar-refractivity contribution is -0.128. The van der Waals surface area contributed by atoms with Crippen LogP contribution in [-0.4, -0.2) is 79.7 Å². The summed E-state index contributed by atoms with van der Waals surface area (Å²) in [5, 5.41) is 6.15. The van der Waals surface area contributed by atoms with E-state index >= 15 is 0 Å². The third-order valence-corrected chi connectivity index (χ3v) is 3.63. The number of likely N-dealkylation sites (tertiary alicyclic amines) is 1. The van der Waals surface area contributed by atoms with Gasteiger partial charge in [0.15, 0.2) is 5.96 Å². The van der Waals surface area contributed by atoms with Crippen molar-refractivity contribution >= 4 is 41.9 Å². The summed E-state index contributed by atoms with van der Waals surface area (Å²) in [5.74, 6) is 0.841. The van der Waals surface area contributed by atoms with Gasteiger partial charge >= 0.3 is 6.09 Å². The van der Waals surface area contributed by atoms with Gasteiger partial charge in [0.1, 0.15) is 5.60 Å². The summed E-state index contributed by atoms with van der Waals surface area (Å²) in [6.45, 7) is 10.2. The molecule has 1 atom stereocenters. The van der Waals surface area contributed by atoms with E-state index in [2.05, 4.69) is 20.5 Å². The maximum Gasteiger partial charge on any atom is 0.407 e. The molecule has 0 aromatic rings. The monoisotopic (exact) mass is 483 g/mol. The number of hydrogen-bond acceptors (Lipinski definition) is 4. The molecule has 26 heavy (non-hydrogen) atoms. The van der Waals surface area contributed by atoms with Gasteiger partial charge in [-0.2, -0.15) is 0 Å². The van der Waals surface area contributed by atoms with E-state index < -0.39 is 11.7 Å². The number of hydrogen-bond donors (Lipinski definition) is 2. The molecule has 9 heteroatoms. The zero-order valence-electron chi connectivity index (χ0n) is 16.8. The number of amides is 2. The Bertz CT molecular complexity index is 491. The van der Waals surface area contributed by atoms with Crippen molar-refractivity contribution in [1.82, 2.24) is 20.4 Å². The van der Waals surface area contributed by atoms with Crippen LogP contribution in [0.2, 0.25) is 0 Å². The van der Waals surface area contributed by atoms with Crippen molar-refractivity contribution < 1.29 is 14.3 Å². The number of nitrogens with zero attached hydrogens (tertiary/aromatic N) is 3. The van der Waals surface area contributed by atoms with Crippen LogP contribution < -0.4 is 10.6 Å². The maximum atomic E-state index is 11.9. The van der Waals surface area contributed by atoms with Crippen LogP contribution in [-0.2, 0) is 9.53 Å². The second-order valence-electron chi connectivity index (χ2n) is 7.35. The molecular weight excluding hydrogens is 449 g/mol. The molecule has 1 aliphatic rings. The minimum atomic E-state index is -0.502. The van der Waals surface area contributed by atoms with E-state index in [-0.39, 0.29) is 35.9 Å². The Kier molecular flexibility index (Phi) is 10.9. The molecule has 1 aliphatic heterocycles. The minimum absolute atomic E-state index is 0. The average molecular weight is 483 g/mol. The van der Waals surface area contributed by atoms with Gasteiger partial charge in [-0.3, -0.25) is 9.79 Å². The fourth-order valence-corrected chi connectivity index (χ4v) is 2.45. The van der Waals surface area contributed by atoms with Gasteiger partial charge in [-0.25, -0.2) is 4.79 Å². The first-order valence-corrected chi connectivity index (χ1v) is 8.85. The molecule has 1 unspecified atom stereocenters. The highest BCUT2D eigenvalue weighted by molar-refractivity contribution is 14.0. The van der Waals surface area contributed by atoms with E-state index in [1.807, 2.05) is 27.7 Å². The molecule has 2 N–H and O–H groups in total. The summed E-state index contributed by atoms with van der Waals surface area (Å²) in [7, 11) is 3.48. The fourth-order valence-electron chi connectivity index (χ4n) is 2.45. The van der Waals surface area contributed by atoms with Crippen LogP contribution in [0.25, 0.3) is 0 Å². The third kappa shape index (κ3) is 9.44. The molecule has 1 rings (SSSR count). The predicted octanol–water partition coefficient (Wildman–Crippen LogP) is 1.65. The lowest BCUT2D eigenvalue weighted by Gasteiger charge is -2.23. The lowest BCUT2D eigenvalue weighted by Crippen LogP contribution is -2.44. The van der Waals surface area contributed by atoms with Crippen molar-refractivity contribution in [3.05, 3.63) is 0 Å². The van der Waals surface area contributed by atoms with E-state index in [0.29, 0.717) is 19.5 Å². The summed E-state index contributed by atoms with van der Waals surface area (Å²) in [6.07, 6.45) is 0.827.